The fraction of sp³-hybridized carbons (Fsp3) is 0.500. The van der Waals surface area contributed by atoms with Crippen molar-refractivity contribution in [3.8, 4) is 0 Å². The van der Waals surface area contributed by atoms with Crippen LogP contribution in [0.1, 0.15) is 23.8 Å². The molecule has 0 spiro atoms. The highest BCUT2D eigenvalue weighted by molar-refractivity contribution is 5.93. The van der Waals surface area contributed by atoms with Crippen LogP contribution in [0.4, 0.5) is 5.69 Å². The van der Waals surface area contributed by atoms with Crippen LogP contribution in [-0.4, -0.2) is 35.4 Å². The Morgan fingerprint density at radius 2 is 2.24 bits per heavy atom. The molecule has 0 aliphatic carbocycles. The standard InChI is InChI=1S/C10H16N4O3/c1-2-3-11-4-5-12-10(15)9-6-8(7-13-9)14(16)17/h6-7,11,13H,2-5H2,1H3,(H,12,15). The fourth-order valence-corrected chi connectivity index (χ4v) is 1.28. The van der Waals surface area contributed by atoms with Crippen molar-refractivity contribution in [1.82, 2.24) is 15.6 Å². The van der Waals surface area contributed by atoms with Gasteiger partial charge in [0.25, 0.3) is 11.6 Å². The van der Waals surface area contributed by atoms with Gasteiger partial charge in [-0.3, -0.25) is 14.9 Å². The quantitative estimate of drug-likeness (QED) is 0.370. The van der Waals surface area contributed by atoms with E-state index in [1.165, 1.54) is 12.3 Å². The first-order chi connectivity index (χ1) is 8.15. The molecule has 0 saturated heterocycles. The molecule has 0 unspecified atom stereocenters. The summed E-state index contributed by atoms with van der Waals surface area (Å²) in [4.78, 5) is 24.0. The first-order valence-electron chi connectivity index (χ1n) is 5.47. The molecule has 94 valence electrons. The van der Waals surface area contributed by atoms with Crippen LogP contribution >= 0.6 is 0 Å². The van der Waals surface area contributed by atoms with Gasteiger partial charge in [0.1, 0.15) is 5.69 Å². The summed E-state index contributed by atoms with van der Waals surface area (Å²) in [7, 11) is 0. The number of hydrogen-bond donors (Lipinski definition) is 3. The molecule has 7 heteroatoms. The van der Waals surface area contributed by atoms with Gasteiger partial charge >= 0.3 is 0 Å². The van der Waals surface area contributed by atoms with E-state index in [4.69, 9.17) is 0 Å². The van der Waals surface area contributed by atoms with Crippen molar-refractivity contribution in [2.45, 2.75) is 13.3 Å². The van der Waals surface area contributed by atoms with Gasteiger partial charge in [0.15, 0.2) is 0 Å². The molecule has 0 bridgehead atoms. The van der Waals surface area contributed by atoms with Crippen LogP contribution in [0.5, 0.6) is 0 Å². The van der Waals surface area contributed by atoms with Crippen molar-refractivity contribution in [3.63, 3.8) is 0 Å². The lowest BCUT2D eigenvalue weighted by atomic mass is 10.4. The molecule has 3 N–H and O–H groups in total. The number of aromatic amines is 1. The molecule has 1 rings (SSSR count). The summed E-state index contributed by atoms with van der Waals surface area (Å²) >= 11 is 0. The topological polar surface area (TPSA) is 100 Å². The number of carbonyl (C=O) groups excluding carboxylic acids is 1. The number of aromatic nitrogens is 1. The smallest absolute Gasteiger partial charge is 0.287 e. The Balaban J connectivity index is 2.34. The second kappa shape index (κ2) is 6.64. The fourth-order valence-electron chi connectivity index (χ4n) is 1.28. The van der Waals surface area contributed by atoms with E-state index in [2.05, 4.69) is 22.5 Å². The van der Waals surface area contributed by atoms with Gasteiger partial charge in [-0.15, -0.1) is 0 Å². The SMILES string of the molecule is CCCNCCNC(=O)c1cc([N+](=O)[O-])c[nH]1. The van der Waals surface area contributed by atoms with Gasteiger partial charge in [-0.25, -0.2) is 0 Å². The van der Waals surface area contributed by atoms with Crippen molar-refractivity contribution in [2.75, 3.05) is 19.6 Å². The summed E-state index contributed by atoms with van der Waals surface area (Å²) in [5, 5.41) is 16.2. The molecule has 1 aromatic heterocycles. The number of nitro groups is 1. The zero-order valence-electron chi connectivity index (χ0n) is 9.66. The first-order valence-corrected chi connectivity index (χ1v) is 5.47. The van der Waals surface area contributed by atoms with Gasteiger partial charge < -0.3 is 15.6 Å². The molecule has 1 heterocycles. The molecule has 0 aromatic carbocycles. The summed E-state index contributed by atoms with van der Waals surface area (Å²) in [5.74, 6) is -0.337. The molecule has 0 saturated carbocycles. The van der Waals surface area contributed by atoms with Gasteiger partial charge in [-0.05, 0) is 13.0 Å². The minimum Gasteiger partial charge on any atom is -0.351 e. The monoisotopic (exact) mass is 240 g/mol. The summed E-state index contributed by atoms with van der Waals surface area (Å²) in [6.07, 6.45) is 2.24. The average molecular weight is 240 g/mol. The lowest BCUT2D eigenvalue weighted by Gasteiger charge is -2.04. The normalized spacial score (nSPS) is 10.2. The molecule has 17 heavy (non-hydrogen) atoms. The van der Waals surface area contributed by atoms with Gasteiger partial charge in [0, 0.05) is 19.2 Å². The maximum Gasteiger partial charge on any atom is 0.287 e. The summed E-state index contributed by atoms with van der Waals surface area (Å²) in [6, 6.07) is 1.22. The largest absolute Gasteiger partial charge is 0.351 e. The lowest BCUT2D eigenvalue weighted by Crippen LogP contribution is -2.32. The highest BCUT2D eigenvalue weighted by Gasteiger charge is 2.13. The third-order valence-corrected chi connectivity index (χ3v) is 2.14. The molecule has 0 fully saturated rings. The number of nitrogens with zero attached hydrogens (tertiary/aromatic N) is 1. The van der Waals surface area contributed by atoms with Crippen LogP contribution < -0.4 is 10.6 Å². The minimum absolute atomic E-state index is 0.112. The van der Waals surface area contributed by atoms with Gasteiger partial charge in [-0.2, -0.15) is 0 Å². The molecule has 1 aromatic rings. The van der Waals surface area contributed by atoms with Gasteiger partial charge in [-0.1, -0.05) is 6.92 Å². The number of H-pyrrole nitrogens is 1. The van der Waals surface area contributed by atoms with Crippen molar-refractivity contribution in [3.05, 3.63) is 28.1 Å². The molecule has 1 amide bonds. The second-order valence-corrected chi connectivity index (χ2v) is 3.53. The predicted molar refractivity (Wildman–Crippen MR) is 62.9 cm³/mol. The molecule has 0 radical (unpaired) electrons. The highest BCUT2D eigenvalue weighted by Crippen LogP contribution is 2.11. The van der Waals surface area contributed by atoms with Gasteiger partial charge in [0.2, 0.25) is 0 Å². The predicted octanol–water partition coefficient (Wildman–Crippen LogP) is 0.652. The van der Waals surface area contributed by atoms with E-state index in [0.29, 0.717) is 13.1 Å². The minimum atomic E-state index is -0.546. The Hall–Kier alpha value is -1.89. The molecular formula is C10H16N4O3. The third kappa shape index (κ3) is 4.23. The van der Waals surface area contributed by atoms with Crippen LogP contribution in [0.2, 0.25) is 0 Å². The molecule has 0 aliphatic rings. The van der Waals surface area contributed by atoms with E-state index < -0.39 is 4.92 Å². The molecular weight excluding hydrogens is 224 g/mol. The Bertz CT molecular complexity index is 389. The maximum absolute atomic E-state index is 11.5. The van der Waals surface area contributed by atoms with E-state index in [1.54, 1.807) is 0 Å². The number of amides is 1. The van der Waals surface area contributed by atoms with Crippen molar-refractivity contribution in [2.24, 2.45) is 0 Å². The van der Waals surface area contributed by atoms with E-state index >= 15 is 0 Å². The van der Waals surface area contributed by atoms with E-state index in [9.17, 15) is 14.9 Å². The van der Waals surface area contributed by atoms with Crippen molar-refractivity contribution in [1.29, 1.82) is 0 Å². The highest BCUT2D eigenvalue weighted by atomic mass is 16.6. The van der Waals surface area contributed by atoms with Crippen LogP contribution in [0.15, 0.2) is 12.3 Å². The Morgan fingerprint density at radius 3 is 2.82 bits per heavy atom. The molecule has 0 aliphatic heterocycles. The van der Waals surface area contributed by atoms with Crippen LogP contribution in [0, 0.1) is 10.1 Å². The van der Waals surface area contributed by atoms with E-state index in [-0.39, 0.29) is 17.3 Å². The maximum atomic E-state index is 11.5. The van der Waals surface area contributed by atoms with Crippen LogP contribution in [0.3, 0.4) is 0 Å². The summed E-state index contributed by atoms with van der Waals surface area (Å²) < 4.78 is 0. The summed E-state index contributed by atoms with van der Waals surface area (Å²) in [6.45, 7) is 4.14. The second-order valence-electron chi connectivity index (χ2n) is 3.53. The van der Waals surface area contributed by atoms with Crippen LogP contribution in [0.25, 0.3) is 0 Å². The summed E-state index contributed by atoms with van der Waals surface area (Å²) in [5.41, 5.74) is 0.0893. The number of hydrogen-bond acceptors (Lipinski definition) is 4. The van der Waals surface area contributed by atoms with Crippen LogP contribution in [-0.2, 0) is 0 Å². The van der Waals surface area contributed by atoms with E-state index in [1.807, 2.05) is 0 Å². The zero-order valence-corrected chi connectivity index (χ0v) is 9.66. The Morgan fingerprint density at radius 1 is 1.47 bits per heavy atom. The van der Waals surface area contributed by atoms with E-state index in [0.717, 1.165) is 13.0 Å². The average Bonchev–Trinajstić information content (AvgIpc) is 2.78. The third-order valence-electron chi connectivity index (χ3n) is 2.14. The lowest BCUT2D eigenvalue weighted by molar-refractivity contribution is -0.384. The number of carbonyl (C=O) groups is 1. The molecule has 7 nitrogen and oxygen atoms in total. The van der Waals surface area contributed by atoms with Crippen molar-refractivity contribution < 1.29 is 9.72 Å². The van der Waals surface area contributed by atoms with Crippen molar-refractivity contribution >= 4 is 11.6 Å². The Kier molecular flexibility index (Phi) is 5.15. The number of nitrogens with one attached hydrogen (secondary N) is 3. The number of rotatable bonds is 7. The zero-order chi connectivity index (χ0) is 12.7. The molecule has 0 atom stereocenters. The first kappa shape index (κ1) is 13.2. The Labute approximate surface area is 98.7 Å². The van der Waals surface area contributed by atoms with Gasteiger partial charge in [0.05, 0.1) is 11.1 Å².